The third-order valence-corrected chi connectivity index (χ3v) is 15.4. The van der Waals surface area contributed by atoms with Crippen LogP contribution in [0, 0.1) is 10.8 Å². The lowest BCUT2D eigenvalue weighted by molar-refractivity contribution is -0.150. The van der Waals surface area contributed by atoms with E-state index in [1.165, 1.54) is 68.0 Å². The van der Waals surface area contributed by atoms with E-state index in [-0.39, 0.29) is 10.8 Å². The molecule has 0 aliphatic carbocycles. The first-order chi connectivity index (χ1) is 35.5. The van der Waals surface area contributed by atoms with Crippen LogP contribution >= 0.6 is 0 Å². The SMILES string of the molecule is CCC1(COCCCCCc2ccc(N(c3ccc(-c4ccc(N(c5ccc(CCCCCOCC6(CC)COC6)cc5)c5cccc6ccccc56)cc4)cc3)c3cccc4ccccc34)cc2)COC1. The van der Waals surface area contributed by atoms with E-state index in [1.807, 2.05) is 0 Å². The second-order valence-corrected chi connectivity index (χ2v) is 20.5. The molecule has 0 unspecified atom stereocenters. The number of fused-ring (bicyclic) bond motifs is 2. The summed E-state index contributed by atoms with van der Waals surface area (Å²) in [5, 5.41) is 4.90. The molecule has 2 fully saturated rings. The first-order valence-electron chi connectivity index (χ1n) is 26.8. The van der Waals surface area contributed by atoms with Crippen LogP contribution in [0.1, 0.15) is 76.3 Å². The largest absolute Gasteiger partial charge is 0.381 e. The molecule has 0 N–H and O–H groups in total. The van der Waals surface area contributed by atoms with E-state index in [0.717, 1.165) is 127 Å². The molecule has 2 aliphatic rings. The smallest absolute Gasteiger partial charge is 0.0566 e. The Morgan fingerprint density at radius 1 is 0.389 bits per heavy atom. The summed E-state index contributed by atoms with van der Waals surface area (Å²) in [5.41, 5.74) is 12.5. The Bertz CT molecular complexity index is 2730. The summed E-state index contributed by atoms with van der Waals surface area (Å²) in [7, 11) is 0. The van der Waals surface area contributed by atoms with E-state index >= 15 is 0 Å². The van der Waals surface area contributed by atoms with Crippen molar-refractivity contribution in [3.63, 3.8) is 0 Å². The molecule has 2 aliphatic heterocycles. The van der Waals surface area contributed by atoms with Crippen molar-refractivity contribution in [2.45, 2.75) is 78.1 Å². The van der Waals surface area contributed by atoms with Gasteiger partial charge in [-0.25, -0.2) is 0 Å². The molecule has 6 nitrogen and oxygen atoms in total. The van der Waals surface area contributed by atoms with Crippen LogP contribution in [0.15, 0.2) is 182 Å². The molecule has 0 amide bonds. The van der Waals surface area contributed by atoms with Crippen LogP contribution in [0.5, 0.6) is 0 Å². The van der Waals surface area contributed by atoms with Crippen molar-refractivity contribution in [2.24, 2.45) is 10.8 Å². The quantitative estimate of drug-likeness (QED) is 0.0532. The van der Waals surface area contributed by atoms with Crippen molar-refractivity contribution in [3.05, 3.63) is 193 Å². The second kappa shape index (κ2) is 23.5. The van der Waals surface area contributed by atoms with Gasteiger partial charge in [0.05, 0.1) is 51.0 Å². The molecule has 72 heavy (non-hydrogen) atoms. The molecule has 0 saturated carbocycles. The van der Waals surface area contributed by atoms with Gasteiger partial charge in [0.1, 0.15) is 0 Å². The molecule has 0 bridgehead atoms. The van der Waals surface area contributed by atoms with Gasteiger partial charge in [-0.2, -0.15) is 0 Å². The number of hydrogen-bond donors (Lipinski definition) is 0. The zero-order valence-electron chi connectivity index (χ0n) is 42.6. The molecule has 0 radical (unpaired) electrons. The topological polar surface area (TPSA) is 43.4 Å². The first kappa shape index (κ1) is 49.3. The summed E-state index contributed by atoms with van der Waals surface area (Å²) < 4.78 is 23.1. The average molecular weight is 957 g/mol. The predicted octanol–water partition coefficient (Wildman–Crippen LogP) is 16.9. The van der Waals surface area contributed by atoms with Crippen molar-refractivity contribution < 1.29 is 18.9 Å². The van der Waals surface area contributed by atoms with Gasteiger partial charge in [-0.05, 0) is 145 Å². The minimum absolute atomic E-state index is 0.259. The predicted molar refractivity (Wildman–Crippen MR) is 300 cm³/mol. The van der Waals surface area contributed by atoms with Gasteiger partial charge in [0.15, 0.2) is 0 Å². The number of rotatable bonds is 25. The number of ether oxygens (including phenoxy) is 4. The molecule has 0 spiro atoms. The van der Waals surface area contributed by atoms with Crippen LogP contribution in [-0.4, -0.2) is 52.9 Å². The number of anilines is 6. The highest BCUT2D eigenvalue weighted by atomic mass is 16.5. The fourth-order valence-electron chi connectivity index (χ4n) is 10.4. The lowest BCUT2D eigenvalue weighted by Crippen LogP contribution is -2.45. The molecule has 6 heteroatoms. The number of unbranched alkanes of at least 4 members (excludes halogenated alkanes) is 4. The second-order valence-electron chi connectivity index (χ2n) is 20.5. The molecule has 0 aromatic heterocycles. The number of nitrogens with zero attached hydrogens (tertiary/aromatic N) is 2. The van der Waals surface area contributed by atoms with Crippen LogP contribution in [-0.2, 0) is 31.8 Å². The fraction of sp³-hybridized carbons (Fsp3) is 0.333. The minimum Gasteiger partial charge on any atom is -0.381 e. The highest BCUT2D eigenvalue weighted by Crippen LogP contribution is 2.42. The molecule has 8 aromatic rings. The molecule has 2 heterocycles. The van der Waals surface area contributed by atoms with Crippen LogP contribution < -0.4 is 9.80 Å². The minimum atomic E-state index is 0.259. The molecule has 10 rings (SSSR count). The van der Waals surface area contributed by atoms with Crippen molar-refractivity contribution in [1.82, 2.24) is 0 Å². The van der Waals surface area contributed by atoms with Gasteiger partial charge < -0.3 is 28.7 Å². The maximum Gasteiger partial charge on any atom is 0.0566 e. The maximum absolute atomic E-state index is 6.07. The average Bonchev–Trinajstić information content (AvgIpc) is 3.41. The molecule has 370 valence electrons. The van der Waals surface area contributed by atoms with Crippen molar-refractivity contribution in [1.29, 1.82) is 0 Å². The normalized spacial score (nSPS) is 14.8. The Morgan fingerprint density at radius 2 is 0.750 bits per heavy atom. The van der Waals surface area contributed by atoms with E-state index in [4.69, 9.17) is 18.9 Å². The Hall–Kier alpha value is -6.28. The highest BCUT2D eigenvalue weighted by molar-refractivity contribution is 6.00. The Morgan fingerprint density at radius 3 is 1.11 bits per heavy atom. The molecule has 2 saturated heterocycles. The summed E-state index contributed by atoms with van der Waals surface area (Å²) in [4.78, 5) is 4.81. The maximum atomic E-state index is 6.07. The van der Waals surface area contributed by atoms with E-state index < -0.39 is 0 Å². The van der Waals surface area contributed by atoms with Crippen LogP contribution in [0.3, 0.4) is 0 Å². The van der Waals surface area contributed by atoms with Crippen molar-refractivity contribution in [2.75, 3.05) is 62.7 Å². The van der Waals surface area contributed by atoms with Gasteiger partial charge in [-0.1, -0.05) is 148 Å². The van der Waals surface area contributed by atoms with Crippen LogP contribution in [0.25, 0.3) is 32.7 Å². The first-order valence-corrected chi connectivity index (χ1v) is 26.8. The third kappa shape index (κ3) is 11.5. The van der Waals surface area contributed by atoms with Crippen LogP contribution in [0.2, 0.25) is 0 Å². The van der Waals surface area contributed by atoms with E-state index in [0.29, 0.717) is 0 Å². The van der Waals surface area contributed by atoms with E-state index in [2.05, 4.69) is 206 Å². The molecule has 8 aromatic carbocycles. The Kier molecular flexibility index (Phi) is 16.1. The Labute approximate surface area is 428 Å². The van der Waals surface area contributed by atoms with Gasteiger partial charge in [0.25, 0.3) is 0 Å². The third-order valence-electron chi connectivity index (χ3n) is 15.4. The summed E-state index contributed by atoms with van der Waals surface area (Å²) in [6.07, 6.45) is 11.2. The summed E-state index contributed by atoms with van der Waals surface area (Å²) in [6.45, 7) is 11.2. The number of hydrogen-bond acceptors (Lipinski definition) is 6. The van der Waals surface area contributed by atoms with Gasteiger partial charge in [0, 0.05) is 57.6 Å². The summed E-state index contributed by atoms with van der Waals surface area (Å²) >= 11 is 0. The van der Waals surface area contributed by atoms with E-state index in [1.54, 1.807) is 0 Å². The molecule has 0 atom stereocenters. The lowest BCUT2D eigenvalue weighted by atomic mass is 9.84. The monoisotopic (exact) mass is 957 g/mol. The van der Waals surface area contributed by atoms with E-state index in [9.17, 15) is 0 Å². The zero-order valence-corrected chi connectivity index (χ0v) is 42.6. The van der Waals surface area contributed by atoms with Gasteiger partial charge >= 0.3 is 0 Å². The lowest BCUT2D eigenvalue weighted by Gasteiger charge is -2.40. The Balaban J connectivity index is 0.830. The van der Waals surface area contributed by atoms with Crippen molar-refractivity contribution in [3.8, 4) is 11.1 Å². The molecular weight excluding hydrogens is 885 g/mol. The van der Waals surface area contributed by atoms with Crippen LogP contribution in [0.4, 0.5) is 34.1 Å². The van der Waals surface area contributed by atoms with Gasteiger partial charge in [0.2, 0.25) is 0 Å². The summed E-state index contributed by atoms with van der Waals surface area (Å²) in [6, 6.07) is 67.2. The summed E-state index contributed by atoms with van der Waals surface area (Å²) in [5.74, 6) is 0. The van der Waals surface area contributed by atoms with Crippen molar-refractivity contribution >= 4 is 55.7 Å². The highest BCUT2D eigenvalue weighted by Gasteiger charge is 2.37. The van der Waals surface area contributed by atoms with Gasteiger partial charge in [-0.3, -0.25) is 0 Å². The standard InChI is InChI=1S/C66H72N2O4/c1-3-65(47-71-48-65)45-69-43-13-5-7-17-51-27-35-57(36-28-51)67(63-25-15-21-55-19-9-11-23-61(55)63)59-39-31-53(32-40-59)54-33-41-60(42-34-54)68(64-26-16-22-56-20-10-12-24-62(56)64)58-37-29-52(30-38-58)18-8-6-14-44-70-46-66(4-2)49-72-50-66/h9-12,15-16,19-42H,3-8,13-14,17-18,43-50H2,1-2H3. The zero-order chi connectivity index (χ0) is 49.0. The fourth-order valence-corrected chi connectivity index (χ4v) is 10.4. The number of benzene rings is 8. The number of aryl methyl sites for hydroxylation is 2. The van der Waals surface area contributed by atoms with Gasteiger partial charge in [-0.15, -0.1) is 0 Å². The molecular formula is C66H72N2O4.